The zero-order valence-corrected chi connectivity index (χ0v) is 14.7. The van der Waals surface area contributed by atoms with Crippen LogP contribution in [0.2, 0.25) is 0 Å². The second kappa shape index (κ2) is 8.50. The van der Waals surface area contributed by atoms with E-state index in [2.05, 4.69) is 22.2 Å². The number of rotatable bonds is 5. The molecule has 8 heteroatoms. The number of nitrogens with zero attached hydrogens (tertiary/aromatic N) is 3. The van der Waals surface area contributed by atoms with Crippen molar-refractivity contribution in [3.8, 4) is 0 Å². The molecule has 0 radical (unpaired) electrons. The highest BCUT2D eigenvalue weighted by molar-refractivity contribution is 5.69. The van der Waals surface area contributed by atoms with Gasteiger partial charge in [-0.2, -0.15) is 0 Å². The van der Waals surface area contributed by atoms with Gasteiger partial charge in [0.2, 0.25) is 0 Å². The van der Waals surface area contributed by atoms with E-state index in [1.165, 1.54) is 0 Å². The topological polar surface area (TPSA) is 70.9 Å². The summed E-state index contributed by atoms with van der Waals surface area (Å²) in [5.41, 5.74) is 1.75. The van der Waals surface area contributed by atoms with Crippen LogP contribution in [0.3, 0.4) is 0 Å². The summed E-state index contributed by atoms with van der Waals surface area (Å²) >= 11 is 0. The molecular weight excluding hydrogens is 332 g/mol. The molecule has 1 N–H and O–H groups in total. The Morgan fingerprint density at radius 2 is 2.08 bits per heavy atom. The normalized spacial score (nSPS) is 21.4. The molecule has 24 heavy (non-hydrogen) atoms. The standard InChI is InChI=1S/C16H24N4O3.ClH/c1-18-6-8-19(9-7-18)13-4-5-16(20(21)22)15(11-13)17-12-14-3-2-10-23-14;/h4-5,11,14,17H,2-3,6-10,12H2,1H3;1H/p-1. The third-order valence-corrected chi connectivity index (χ3v) is 4.59. The van der Waals surface area contributed by atoms with Crippen molar-refractivity contribution in [2.75, 3.05) is 56.6 Å². The van der Waals surface area contributed by atoms with E-state index >= 15 is 0 Å². The van der Waals surface area contributed by atoms with E-state index in [0.29, 0.717) is 12.2 Å². The fourth-order valence-corrected chi connectivity index (χ4v) is 3.12. The second-order valence-electron chi connectivity index (χ2n) is 6.26. The fourth-order valence-electron chi connectivity index (χ4n) is 3.12. The number of hydrogen-bond acceptors (Lipinski definition) is 6. The monoisotopic (exact) mass is 355 g/mol. The first-order valence-corrected chi connectivity index (χ1v) is 8.21. The van der Waals surface area contributed by atoms with Crippen LogP contribution in [0.15, 0.2) is 18.2 Å². The Balaban J connectivity index is 0.00000208. The summed E-state index contributed by atoms with van der Waals surface area (Å²) < 4.78 is 5.59. The smallest absolute Gasteiger partial charge is 0.292 e. The lowest BCUT2D eigenvalue weighted by atomic mass is 10.2. The van der Waals surface area contributed by atoms with Crippen LogP contribution in [0.5, 0.6) is 0 Å². The Hall–Kier alpha value is -1.57. The zero-order chi connectivity index (χ0) is 16.2. The summed E-state index contributed by atoms with van der Waals surface area (Å²) in [6, 6.07) is 5.35. The average Bonchev–Trinajstić information content (AvgIpc) is 3.06. The van der Waals surface area contributed by atoms with Crippen LogP contribution in [0, 0.1) is 10.1 Å². The lowest BCUT2D eigenvalue weighted by molar-refractivity contribution is -0.383. The van der Waals surface area contributed by atoms with Crippen LogP contribution in [-0.4, -0.2) is 62.3 Å². The molecule has 2 saturated heterocycles. The summed E-state index contributed by atoms with van der Waals surface area (Å²) in [5.74, 6) is 0. The van der Waals surface area contributed by atoms with Crippen LogP contribution < -0.4 is 22.6 Å². The van der Waals surface area contributed by atoms with Crippen molar-refractivity contribution in [3.63, 3.8) is 0 Å². The maximum atomic E-state index is 11.3. The zero-order valence-electron chi connectivity index (χ0n) is 13.9. The average molecular weight is 356 g/mol. The molecular formula is C16H24ClN4O3-. The molecule has 0 bridgehead atoms. The second-order valence-corrected chi connectivity index (χ2v) is 6.26. The van der Waals surface area contributed by atoms with Crippen LogP contribution in [0.25, 0.3) is 0 Å². The van der Waals surface area contributed by atoms with Gasteiger partial charge < -0.3 is 32.3 Å². The van der Waals surface area contributed by atoms with Crippen molar-refractivity contribution < 1.29 is 22.1 Å². The van der Waals surface area contributed by atoms with Gasteiger partial charge in [-0.1, -0.05) is 0 Å². The Bertz CT molecular complexity index is 558. The molecule has 3 rings (SSSR count). The fraction of sp³-hybridized carbons (Fsp3) is 0.625. The number of nitro benzene ring substituents is 1. The molecule has 2 aliphatic rings. The highest BCUT2D eigenvalue weighted by Crippen LogP contribution is 2.30. The SMILES string of the molecule is CN1CCN(c2ccc([N+](=O)[O-])c(NCC3CCCO3)c2)CC1.[Cl-]. The molecule has 0 saturated carbocycles. The molecule has 1 unspecified atom stereocenters. The predicted molar refractivity (Wildman–Crippen MR) is 90.3 cm³/mol. The molecule has 2 fully saturated rings. The van der Waals surface area contributed by atoms with Gasteiger partial charge in [-0.05, 0) is 32.0 Å². The van der Waals surface area contributed by atoms with Crippen molar-refractivity contribution in [1.82, 2.24) is 4.90 Å². The van der Waals surface area contributed by atoms with E-state index in [-0.39, 0.29) is 29.1 Å². The Labute approximate surface area is 148 Å². The largest absolute Gasteiger partial charge is 1.00 e. The number of nitrogens with one attached hydrogen (secondary N) is 1. The predicted octanol–water partition coefficient (Wildman–Crippen LogP) is -1.06. The molecule has 1 aromatic rings. The summed E-state index contributed by atoms with van der Waals surface area (Å²) in [5, 5.41) is 14.5. The Morgan fingerprint density at radius 3 is 2.71 bits per heavy atom. The number of anilines is 2. The minimum absolute atomic E-state index is 0. The van der Waals surface area contributed by atoms with Gasteiger partial charge >= 0.3 is 0 Å². The van der Waals surface area contributed by atoms with Gasteiger partial charge in [0.15, 0.2) is 0 Å². The van der Waals surface area contributed by atoms with E-state index in [9.17, 15) is 10.1 Å². The Kier molecular flexibility index (Phi) is 6.65. The lowest BCUT2D eigenvalue weighted by Gasteiger charge is -2.34. The van der Waals surface area contributed by atoms with Crippen molar-refractivity contribution in [1.29, 1.82) is 0 Å². The first kappa shape index (κ1) is 18.8. The maximum Gasteiger partial charge on any atom is 0.292 e. The molecule has 1 atom stereocenters. The van der Waals surface area contributed by atoms with Gasteiger partial charge in [0.1, 0.15) is 5.69 Å². The van der Waals surface area contributed by atoms with Crippen LogP contribution >= 0.6 is 0 Å². The molecule has 0 aromatic heterocycles. The number of halogens is 1. The van der Waals surface area contributed by atoms with Gasteiger partial charge in [-0.3, -0.25) is 10.1 Å². The molecule has 2 heterocycles. The summed E-state index contributed by atoms with van der Waals surface area (Å²) in [4.78, 5) is 15.5. The van der Waals surface area contributed by atoms with Crippen LogP contribution in [0.4, 0.5) is 17.1 Å². The highest BCUT2D eigenvalue weighted by atomic mass is 35.5. The van der Waals surface area contributed by atoms with Crippen molar-refractivity contribution in [2.24, 2.45) is 0 Å². The first-order valence-electron chi connectivity index (χ1n) is 8.21. The molecule has 134 valence electrons. The third-order valence-electron chi connectivity index (χ3n) is 4.59. The van der Waals surface area contributed by atoms with Crippen molar-refractivity contribution in [2.45, 2.75) is 18.9 Å². The number of ether oxygens (including phenoxy) is 1. The minimum Gasteiger partial charge on any atom is -1.00 e. The van der Waals surface area contributed by atoms with Gasteiger partial charge in [0.05, 0.1) is 11.0 Å². The summed E-state index contributed by atoms with van der Waals surface area (Å²) in [7, 11) is 2.11. The molecule has 0 amide bonds. The number of likely N-dealkylation sites (N-methyl/N-ethyl adjacent to an activating group) is 1. The highest BCUT2D eigenvalue weighted by Gasteiger charge is 2.21. The van der Waals surface area contributed by atoms with E-state index in [1.807, 2.05) is 12.1 Å². The van der Waals surface area contributed by atoms with Gasteiger partial charge in [0.25, 0.3) is 5.69 Å². The first-order chi connectivity index (χ1) is 11.1. The van der Waals surface area contributed by atoms with E-state index in [4.69, 9.17) is 4.74 Å². The Morgan fingerprint density at radius 1 is 1.33 bits per heavy atom. The minimum atomic E-state index is -0.328. The molecule has 1 aromatic carbocycles. The molecule has 0 aliphatic carbocycles. The summed E-state index contributed by atoms with van der Waals surface area (Å²) in [6.07, 6.45) is 2.23. The molecule has 0 spiro atoms. The van der Waals surface area contributed by atoms with Crippen molar-refractivity contribution in [3.05, 3.63) is 28.3 Å². The number of nitro groups is 1. The number of benzene rings is 1. The molecule has 7 nitrogen and oxygen atoms in total. The third kappa shape index (κ3) is 4.49. The van der Waals surface area contributed by atoms with Crippen LogP contribution in [0.1, 0.15) is 12.8 Å². The maximum absolute atomic E-state index is 11.3. The van der Waals surface area contributed by atoms with E-state index in [1.54, 1.807) is 6.07 Å². The van der Waals surface area contributed by atoms with E-state index in [0.717, 1.165) is 51.3 Å². The lowest BCUT2D eigenvalue weighted by Crippen LogP contribution is -3.00. The quantitative estimate of drug-likeness (QED) is 0.536. The van der Waals surface area contributed by atoms with Gasteiger partial charge in [-0.25, -0.2) is 0 Å². The van der Waals surface area contributed by atoms with Gasteiger partial charge in [0, 0.05) is 51.1 Å². The van der Waals surface area contributed by atoms with Gasteiger partial charge in [-0.15, -0.1) is 0 Å². The number of hydrogen-bond donors (Lipinski definition) is 1. The molecule has 2 aliphatic heterocycles. The summed E-state index contributed by atoms with van der Waals surface area (Å²) in [6.45, 7) is 5.31. The number of piperazine rings is 1. The van der Waals surface area contributed by atoms with Crippen molar-refractivity contribution >= 4 is 17.1 Å². The van der Waals surface area contributed by atoms with E-state index < -0.39 is 0 Å². The van der Waals surface area contributed by atoms with Crippen LogP contribution in [-0.2, 0) is 4.74 Å².